The van der Waals surface area contributed by atoms with E-state index in [0.717, 1.165) is 17.0 Å². The summed E-state index contributed by atoms with van der Waals surface area (Å²) >= 11 is 5.96. The van der Waals surface area contributed by atoms with E-state index in [0.29, 0.717) is 41.6 Å². The molecule has 3 heterocycles. The molecule has 0 bridgehead atoms. The molecular formula is C17H15ClN6O2. The largest absolute Gasteiger partial charge is 0.469 e. The van der Waals surface area contributed by atoms with Crippen molar-refractivity contribution in [1.29, 1.82) is 0 Å². The highest BCUT2D eigenvalue weighted by Crippen LogP contribution is 2.26. The van der Waals surface area contributed by atoms with Gasteiger partial charge in [-0.3, -0.25) is 9.89 Å². The molecule has 0 spiro atoms. The summed E-state index contributed by atoms with van der Waals surface area (Å²) in [4.78, 5) is 20.6. The summed E-state index contributed by atoms with van der Waals surface area (Å²) in [6.45, 7) is 0. The molecule has 2 aliphatic heterocycles. The minimum Gasteiger partial charge on any atom is -0.469 e. The Morgan fingerprint density at radius 2 is 2.08 bits per heavy atom. The van der Waals surface area contributed by atoms with Gasteiger partial charge in [-0.2, -0.15) is 5.10 Å². The first kappa shape index (κ1) is 16.5. The molecule has 0 aliphatic carbocycles. The van der Waals surface area contributed by atoms with Crippen LogP contribution in [0.5, 0.6) is 0 Å². The number of hydrogen-bond donors (Lipinski definition) is 1. The topological polar surface area (TPSA) is 98.1 Å². The van der Waals surface area contributed by atoms with Gasteiger partial charge >= 0.3 is 5.97 Å². The zero-order valence-corrected chi connectivity index (χ0v) is 14.7. The lowest BCUT2D eigenvalue weighted by Crippen LogP contribution is -2.07. The Morgan fingerprint density at radius 1 is 1.27 bits per heavy atom. The molecule has 9 heteroatoms. The predicted octanol–water partition coefficient (Wildman–Crippen LogP) is 2.77. The number of esters is 1. The highest BCUT2D eigenvalue weighted by molar-refractivity contribution is 6.30. The molecule has 26 heavy (non-hydrogen) atoms. The maximum atomic E-state index is 11.4. The average Bonchev–Trinajstić information content (AvgIpc) is 3.28. The van der Waals surface area contributed by atoms with Crippen LogP contribution < -0.4 is 0 Å². The van der Waals surface area contributed by atoms with Crippen molar-refractivity contribution in [3.8, 4) is 22.8 Å². The SMILES string of the molecule is COC(=O)CCCc1nc2nncc-2c2nc(-c3ccc(Cl)cc3)[nH]n12. The molecule has 0 saturated carbocycles. The number of H-pyrrole nitrogens is 1. The van der Waals surface area contributed by atoms with Gasteiger partial charge in [0, 0.05) is 23.4 Å². The van der Waals surface area contributed by atoms with E-state index in [1.165, 1.54) is 7.11 Å². The van der Waals surface area contributed by atoms with E-state index in [1.807, 2.05) is 28.8 Å². The van der Waals surface area contributed by atoms with Crippen molar-refractivity contribution >= 4 is 23.2 Å². The number of fused-ring (bicyclic) bond motifs is 3. The number of methoxy groups -OCH3 is 1. The number of rotatable bonds is 5. The third-order valence-electron chi connectivity index (χ3n) is 4.09. The van der Waals surface area contributed by atoms with Crippen LogP contribution in [0.15, 0.2) is 30.5 Å². The Kier molecular flexibility index (Phi) is 4.26. The van der Waals surface area contributed by atoms with Crippen molar-refractivity contribution in [2.75, 3.05) is 7.11 Å². The zero-order valence-electron chi connectivity index (χ0n) is 13.9. The Bertz CT molecular complexity index is 1040. The molecule has 8 nitrogen and oxygen atoms in total. The molecule has 132 valence electrons. The number of nitrogens with one attached hydrogen (secondary N) is 1. The molecule has 2 aliphatic rings. The lowest BCUT2D eigenvalue weighted by Gasteiger charge is -2.06. The van der Waals surface area contributed by atoms with Crippen LogP contribution in [0.3, 0.4) is 0 Å². The third kappa shape index (κ3) is 2.99. The summed E-state index contributed by atoms with van der Waals surface area (Å²) in [7, 11) is 1.38. The monoisotopic (exact) mass is 370 g/mol. The van der Waals surface area contributed by atoms with E-state index >= 15 is 0 Å². The van der Waals surface area contributed by atoms with Crippen LogP contribution in [0.4, 0.5) is 0 Å². The average molecular weight is 371 g/mol. The fourth-order valence-electron chi connectivity index (χ4n) is 2.77. The molecule has 4 rings (SSSR count). The van der Waals surface area contributed by atoms with E-state index in [-0.39, 0.29) is 5.97 Å². The van der Waals surface area contributed by atoms with Gasteiger partial charge < -0.3 is 4.74 Å². The highest BCUT2D eigenvalue weighted by Gasteiger charge is 2.19. The Morgan fingerprint density at radius 3 is 2.85 bits per heavy atom. The van der Waals surface area contributed by atoms with Gasteiger partial charge in [-0.1, -0.05) is 11.6 Å². The number of carbonyl (C=O) groups is 1. The third-order valence-corrected chi connectivity index (χ3v) is 4.34. The van der Waals surface area contributed by atoms with Gasteiger partial charge in [0.1, 0.15) is 5.82 Å². The van der Waals surface area contributed by atoms with Crippen molar-refractivity contribution in [2.24, 2.45) is 0 Å². The van der Waals surface area contributed by atoms with Crippen molar-refractivity contribution in [1.82, 2.24) is 29.8 Å². The van der Waals surface area contributed by atoms with Gasteiger partial charge in [0.25, 0.3) is 0 Å². The van der Waals surface area contributed by atoms with Crippen LogP contribution in [0.1, 0.15) is 18.7 Å². The van der Waals surface area contributed by atoms with E-state index in [1.54, 1.807) is 6.20 Å². The number of aromatic nitrogens is 6. The highest BCUT2D eigenvalue weighted by atomic mass is 35.5. The minimum atomic E-state index is -0.244. The molecule has 0 unspecified atom stereocenters. The number of aromatic amines is 1. The minimum absolute atomic E-state index is 0.244. The van der Waals surface area contributed by atoms with Crippen LogP contribution >= 0.6 is 11.6 Å². The lowest BCUT2D eigenvalue weighted by molar-refractivity contribution is -0.140. The molecule has 2 aromatic rings. The van der Waals surface area contributed by atoms with Crippen LogP contribution in [0.25, 0.3) is 28.4 Å². The van der Waals surface area contributed by atoms with Crippen LogP contribution in [0, 0.1) is 0 Å². The second-order valence-corrected chi connectivity index (χ2v) is 6.21. The fourth-order valence-corrected chi connectivity index (χ4v) is 2.90. The van der Waals surface area contributed by atoms with Gasteiger partial charge in [-0.05, 0) is 30.7 Å². The van der Waals surface area contributed by atoms with Crippen molar-refractivity contribution in [3.63, 3.8) is 0 Å². The summed E-state index contributed by atoms with van der Waals surface area (Å²) in [5, 5.41) is 11.9. The molecule has 1 aromatic carbocycles. The van der Waals surface area contributed by atoms with E-state index in [4.69, 9.17) is 11.6 Å². The summed E-state index contributed by atoms with van der Waals surface area (Å²) < 4.78 is 6.50. The van der Waals surface area contributed by atoms with Gasteiger partial charge in [-0.25, -0.2) is 14.5 Å². The molecule has 1 aromatic heterocycles. The van der Waals surface area contributed by atoms with Gasteiger partial charge in [0.05, 0.1) is 18.9 Å². The number of aryl methyl sites for hydroxylation is 1. The van der Waals surface area contributed by atoms with Crippen LogP contribution in [0.2, 0.25) is 5.02 Å². The van der Waals surface area contributed by atoms with Gasteiger partial charge in [-0.15, -0.1) is 5.10 Å². The first-order valence-corrected chi connectivity index (χ1v) is 8.45. The van der Waals surface area contributed by atoms with E-state index in [9.17, 15) is 4.79 Å². The predicted molar refractivity (Wildman–Crippen MR) is 94.9 cm³/mol. The van der Waals surface area contributed by atoms with Crippen molar-refractivity contribution < 1.29 is 9.53 Å². The second kappa shape index (κ2) is 6.72. The molecule has 1 N–H and O–H groups in total. The number of benzene rings is 1. The Balaban J connectivity index is 1.76. The maximum absolute atomic E-state index is 11.4. The summed E-state index contributed by atoms with van der Waals surface area (Å²) in [5.74, 6) is 1.70. The van der Waals surface area contributed by atoms with E-state index in [2.05, 4.69) is 30.0 Å². The zero-order chi connectivity index (χ0) is 18.1. The summed E-state index contributed by atoms with van der Waals surface area (Å²) in [5.41, 5.74) is 2.36. The molecule has 0 saturated heterocycles. The maximum Gasteiger partial charge on any atom is 0.305 e. The molecule has 0 fully saturated rings. The number of hydrogen-bond acceptors (Lipinski definition) is 6. The van der Waals surface area contributed by atoms with Crippen LogP contribution in [-0.2, 0) is 16.0 Å². The quantitative estimate of drug-likeness (QED) is 0.542. The van der Waals surface area contributed by atoms with Gasteiger partial charge in [0.2, 0.25) is 0 Å². The number of halogens is 1. The first-order valence-electron chi connectivity index (χ1n) is 8.07. The summed E-state index contributed by atoms with van der Waals surface area (Å²) in [6.07, 6.45) is 3.14. The number of nitrogens with zero attached hydrogens (tertiary/aromatic N) is 5. The standard InChI is InChI=1S/C17H15ClN6O2/c1-26-14(25)4-2-3-13-20-16-12(9-19-22-16)17-21-15(23-24(13)17)10-5-7-11(18)8-6-10/h5-9H,2-4H2,1H3,(H,21,23). The first-order chi connectivity index (χ1) is 12.7. The normalized spacial score (nSPS) is 11.3. The molecule has 0 amide bonds. The lowest BCUT2D eigenvalue weighted by atomic mass is 10.2. The Labute approximate surface area is 153 Å². The second-order valence-electron chi connectivity index (χ2n) is 5.78. The number of ether oxygens (including phenoxy) is 1. The summed E-state index contributed by atoms with van der Waals surface area (Å²) in [6, 6.07) is 7.41. The Hall–Kier alpha value is -3.00. The molecule has 0 atom stereocenters. The number of carbonyl (C=O) groups excluding carboxylic acids is 1. The molecule has 0 radical (unpaired) electrons. The van der Waals surface area contributed by atoms with E-state index < -0.39 is 0 Å². The van der Waals surface area contributed by atoms with Gasteiger partial charge in [0.15, 0.2) is 17.3 Å². The fraction of sp³-hybridized carbons (Fsp3) is 0.235. The smallest absolute Gasteiger partial charge is 0.305 e. The van der Waals surface area contributed by atoms with Crippen LogP contribution in [-0.4, -0.2) is 42.9 Å². The van der Waals surface area contributed by atoms with Crippen molar-refractivity contribution in [2.45, 2.75) is 19.3 Å². The van der Waals surface area contributed by atoms with Crippen molar-refractivity contribution in [3.05, 3.63) is 41.3 Å². The molecular weight excluding hydrogens is 356 g/mol.